The quantitative estimate of drug-likeness (QED) is 0.835. The molecule has 2 aromatic rings. The molecule has 9 nitrogen and oxygen atoms in total. The number of rotatable bonds is 4. The van der Waals surface area contributed by atoms with E-state index in [-0.39, 0.29) is 16.6 Å². The minimum Gasteiger partial charge on any atom is -0.477 e. The summed E-state index contributed by atoms with van der Waals surface area (Å²) in [5.41, 5.74) is -0.150. The Morgan fingerprint density at radius 3 is 2.91 bits per heavy atom. The van der Waals surface area contributed by atoms with Crippen molar-refractivity contribution in [2.45, 2.75) is 23.8 Å². The maximum Gasteiger partial charge on any atom is 0.352 e. The number of carboxylic acids is 1. The lowest BCUT2D eigenvalue weighted by Crippen LogP contribution is -2.40. The molecular formula is C12H15N5O4S. The lowest BCUT2D eigenvalue weighted by Gasteiger charge is -2.31. The van der Waals surface area contributed by atoms with Crippen LogP contribution in [-0.2, 0) is 10.0 Å². The Kier molecular flexibility index (Phi) is 3.71. The fourth-order valence-corrected chi connectivity index (χ4v) is 4.07. The average Bonchev–Trinajstić information content (AvgIpc) is 3.19. The summed E-state index contributed by atoms with van der Waals surface area (Å²) in [7, 11) is -3.72. The van der Waals surface area contributed by atoms with Crippen molar-refractivity contribution in [3.63, 3.8) is 0 Å². The zero-order chi connectivity index (χ0) is 15.7. The van der Waals surface area contributed by atoms with Gasteiger partial charge in [0.1, 0.15) is 10.6 Å². The molecule has 2 aromatic heterocycles. The molecule has 1 aliphatic rings. The smallest absolute Gasteiger partial charge is 0.352 e. The number of hydrogen-bond donors (Lipinski definition) is 2. The van der Waals surface area contributed by atoms with Crippen LogP contribution in [0.1, 0.15) is 29.4 Å². The first kappa shape index (κ1) is 14.7. The van der Waals surface area contributed by atoms with E-state index in [0.29, 0.717) is 19.5 Å². The molecule has 2 N–H and O–H groups in total. The molecule has 1 unspecified atom stereocenters. The first-order valence-electron chi connectivity index (χ1n) is 6.76. The monoisotopic (exact) mass is 325 g/mol. The number of sulfonamides is 1. The first-order chi connectivity index (χ1) is 10.5. The third-order valence-electron chi connectivity index (χ3n) is 3.70. The van der Waals surface area contributed by atoms with Crippen LogP contribution in [-0.4, -0.2) is 56.9 Å². The highest BCUT2D eigenvalue weighted by Gasteiger charge is 2.32. The molecule has 0 amide bonds. The minimum absolute atomic E-state index is 0.0378. The van der Waals surface area contributed by atoms with Gasteiger partial charge < -0.3 is 10.1 Å². The van der Waals surface area contributed by atoms with Crippen LogP contribution in [0.3, 0.4) is 0 Å². The van der Waals surface area contributed by atoms with Crippen LogP contribution in [0.5, 0.6) is 0 Å². The van der Waals surface area contributed by atoms with Crippen LogP contribution in [0.15, 0.2) is 29.6 Å². The number of carbonyl (C=O) groups is 1. The molecule has 0 radical (unpaired) electrons. The maximum atomic E-state index is 12.6. The van der Waals surface area contributed by atoms with E-state index in [2.05, 4.69) is 15.3 Å². The normalized spacial score (nSPS) is 20.1. The molecule has 22 heavy (non-hydrogen) atoms. The van der Waals surface area contributed by atoms with Gasteiger partial charge in [0.25, 0.3) is 0 Å². The zero-order valence-corrected chi connectivity index (χ0v) is 12.4. The van der Waals surface area contributed by atoms with E-state index in [1.807, 2.05) is 0 Å². The Balaban J connectivity index is 1.83. The molecule has 1 aliphatic heterocycles. The van der Waals surface area contributed by atoms with Gasteiger partial charge in [0.15, 0.2) is 0 Å². The van der Waals surface area contributed by atoms with Crippen LogP contribution in [0.25, 0.3) is 0 Å². The number of aromatic nitrogens is 4. The Morgan fingerprint density at radius 2 is 2.27 bits per heavy atom. The van der Waals surface area contributed by atoms with Crippen molar-refractivity contribution in [1.29, 1.82) is 0 Å². The molecule has 3 rings (SSSR count). The van der Waals surface area contributed by atoms with Crippen LogP contribution >= 0.6 is 0 Å². The third kappa shape index (κ3) is 2.62. The lowest BCUT2D eigenvalue weighted by molar-refractivity contribution is 0.0691. The van der Waals surface area contributed by atoms with E-state index < -0.39 is 16.0 Å². The molecule has 1 atom stereocenters. The Hall–Kier alpha value is -2.20. The summed E-state index contributed by atoms with van der Waals surface area (Å²) in [5.74, 6) is -1.19. The van der Waals surface area contributed by atoms with E-state index in [0.717, 1.165) is 12.5 Å². The van der Waals surface area contributed by atoms with Crippen molar-refractivity contribution in [1.82, 2.24) is 24.3 Å². The van der Waals surface area contributed by atoms with Gasteiger partial charge in [0.05, 0.1) is 12.2 Å². The fourth-order valence-electron chi connectivity index (χ4n) is 2.56. The Morgan fingerprint density at radius 1 is 1.45 bits per heavy atom. The van der Waals surface area contributed by atoms with Gasteiger partial charge in [-0.1, -0.05) is 5.21 Å². The molecular weight excluding hydrogens is 310 g/mol. The molecule has 0 bridgehead atoms. The number of nitrogens with one attached hydrogen (secondary N) is 1. The predicted molar refractivity (Wildman–Crippen MR) is 74.8 cm³/mol. The zero-order valence-electron chi connectivity index (χ0n) is 11.6. The number of aromatic amines is 1. The number of carboxylic acid groups (broad SMARTS) is 1. The van der Waals surface area contributed by atoms with Crippen molar-refractivity contribution in [3.05, 3.63) is 30.4 Å². The molecule has 3 heterocycles. The second-order valence-corrected chi connectivity index (χ2v) is 7.03. The number of aromatic carboxylic acids is 1. The summed E-state index contributed by atoms with van der Waals surface area (Å²) in [6, 6.07) is 1.07. The third-order valence-corrected chi connectivity index (χ3v) is 5.54. The molecule has 1 fully saturated rings. The number of H-pyrrole nitrogens is 1. The van der Waals surface area contributed by atoms with Crippen molar-refractivity contribution < 1.29 is 18.3 Å². The average molecular weight is 325 g/mol. The summed E-state index contributed by atoms with van der Waals surface area (Å²) in [6.07, 6.45) is 6.00. The first-order valence-corrected chi connectivity index (χ1v) is 8.20. The van der Waals surface area contributed by atoms with Crippen LogP contribution in [0, 0.1) is 0 Å². The Labute approximate surface area is 126 Å². The molecule has 10 heteroatoms. The fraction of sp³-hybridized carbons (Fsp3) is 0.417. The summed E-state index contributed by atoms with van der Waals surface area (Å²) in [6.45, 7) is 0.695. The van der Waals surface area contributed by atoms with E-state index in [1.54, 1.807) is 17.1 Å². The van der Waals surface area contributed by atoms with Crippen molar-refractivity contribution in [2.24, 2.45) is 0 Å². The van der Waals surface area contributed by atoms with Gasteiger partial charge in [-0.3, -0.25) is 0 Å². The highest BCUT2D eigenvalue weighted by Crippen LogP contribution is 2.26. The van der Waals surface area contributed by atoms with Gasteiger partial charge in [0.2, 0.25) is 10.0 Å². The maximum absolute atomic E-state index is 12.6. The van der Waals surface area contributed by atoms with Gasteiger partial charge in [-0.05, 0) is 18.9 Å². The Bertz CT molecular complexity index is 767. The van der Waals surface area contributed by atoms with Crippen LogP contribution in [0.4, 0.5) is 0 Å². The summed E-state index contributed by atoms with van der Waals surface area (Å²) >= 11 is 0. The van der Waals surface area contributed by atoms with E-state index in [9.17, 15) is 13.2 Å². The predicted octanol–water partition coefficient (Wildman–Crippen LogP) is 0.330. The standard InChI is InChI=1S/C12H15N5O4S/c18-12(19)11-6-10(7-13-11)22(20,21)16-4-1-2-9(8-16)17-5-3-14-15-17/h3,5-7,9,13H,1-2,4,8H2,(H,18,19). The molecule has 0 spiro atoms. The van der Waals surface area contributed by atoms with Gasteiger partial charge in [-0.2, -0.15) is 4.31 Å². The van der Waals surface area contributed by atoms with E-state index in [4.69, 9.17) is 5.11 Å². The van der Waals surface area contributed by atoms with Crippen molar-refractivity contribution >= 4 is 16.0 Å². The number of nitrogens with zero attached hydrogens (tertiary/aromatic N) is 4. The molecule has 1 saturated heterocycles. The molecule has 0 aromatic carbocycles. The van der Waals surface area contributed by atoms with E-state index >= 15 is 0 Å². The van der Waals surface area contributed by atoms with Gasteiger partial charge in [-0.25, -0.2) is 17.9 Å². The minimum atomic E-state index is -3.72. The second kappa shape index (κ2) is 5.54. The SMILES string of the molecule is O=C(O)c1cc(S(=O)(=O)N2CCCC(n3ccnn3)C2)c[nH]1. The summed E-state index contributed by atoms with van der Waals surface area (Å²) < 4.78 is 28.2. The van der Waals surface area contributed by atoms with Gasteiger partial charge >= 0.3 is 5.97 Å². The summed E-state index contributed by atoms with van der Waals surface area (Å²) in [5, 5.41) is 16.5. The molecule has 118 valence electrons. The van der Waals surface area contributed by atoms with Crippen LogP contribution < -0.4 is 0 Å². The molecule has 0 saturated carbocycles. The lowest BCUT2D eigenvalue weighted by atomic mass is 10.1. The highest BCUT2D eigenvalue weighted by molar-refractivity contribution is 7.89. The topological polar surface area (TPSA) is 121 Å². The number of piperidine rings is 1. The van der Waals surface area contributed by atoms with Crippen molar-refractivity contribution in [3.8, 4) is 0 Å². The van der Waals surface area contributed by atoms with E-state index in [1.165, 1.54) is 10.5 Å². The van der Waals surface area contributed by atoms with Gasteiger partial charge in [0, 0.05) is 25.5 Å². The highest BCUT2D eigenvalue weighted by atomic mass is 32.2. The summed E-state index contributed by atoms with van der Waals surface area (Å²) in [4.78, 5) is 13.3. The van der Waals surface area contributed by atoms with Crippen molar-refractivity contribution in [2.75, 3.05) is 13.1 Å². The second-order valence-electron chi connectivity index (χ2n) is 5.10. The largest absolute Gasteiger partial charge is 0.477 e. The molecule has 0 aliphatic carbocycles. The van der Waals surface area contributed by atoms with Crippen LogP contribution in [0.2, 0.25) is 0 Å². The van der Waals surface area contributed by atoms with Gasteiger partial charge in [-0.15, -0.1) is 5.10 Å². The number of hydrogen-bond acceptors (Lipinski definition) is 5.